The minimum atomic E-state index is 0.368. The van der Waals surface area contributed by atoms with Gasteiger partial charge in [-0.15, -0.1) is 0 Å². The van der Waals surface area contributed by atoms with Crippen LogP contribution in [0.25, 0.3) is 0 Å². The van der Waals surface area contributed by atoms with Crippen LogP contribution in [0.4, 0.5) is 5.69 Å². The first kappa shape index (κ1) is 23.6. The summed E-state index contributed by atoms with van der Waals surface area (Å²) in [7, 11) is 3.42. The molecule has 1 unspecified atom stereocenters. The van der Waals surface area contributed by atoms with Crippen LogP contribution >= 0.6 is 11.6 Å². The van der Waals surface area contributed by atoms with Crippen molar-refractivity contribution in [3.05, 3.63) is 52.2 Å². The lowest BCUT2D eigenvalue weighted by molar-refractivity contribution is 0.0420. The van der Waals surface area contributed by atoms with Crippen LogP contribution in [0.15, 0.2) is 30.5 Å². The van der Waals surface area contributed by atoms with Crippen molar-refractivity contribution in [3.8, 4) is 5.88 Å². The van der Waals surface area contributed by atoms with Gasteiger partial charge in [-0.1, -0.05) is 11.6 Å². The second-order valence-electron chi connectivity index (χ2n) is 10.2. The van der Waals surface area contributed by atoms with Gasteiger partial charge in [0.25, 0.3) is 0 Å². The van der Waals surface area contributed by atoms with Crippen LogP contribution in [-0.4, -0.2) is 55.1 Å². The molecule has 2 aliphatic carbocycles. The summed E-state index contributed by atoms with van der Waals surface area (Å²) in [4.78, 5) is 6.90. The van der Waals surface area contributed by atoms with Gasteiger partial charge in [0.1, 0.15) is 0 Å². The Hall–Kier alpha value is -2.15. The topological polar surface area (TPSA) is 84.5 Å². The molecule has 3 N–H and O–H groups in total. The number of hydrogen-bond donors (Lipinski definition) is 2. The number of rotatable bonds is 6. The highest BCUT2D eigenvalue weighted by Crippen LogP contribution is 2.49. The average Bonchev–Trinajstić information content (AvgIpc) is 3.43. The van der Waals surface area contributed by atoms with Crippen molar-refractivity contribution < 1.29 is 9.47 Å². The van der Waals surface area contributed by atoms with Crippen LogP contribution in [0.3, 0.4) is 0 Å². The summed E-state index contributed by atoms with van der Waals surface area (Å²) in [5, 5.41) is 9.52. The van der Waals surface area contributed by atoms with Gasteiger partial charge in [-0.05, 0) is 80.0 Å². The van der Waals surface area contributed by atoms with Crippen LogP contribution in [0.2, 0.25) is 5.02 Å². The monoisotopic (exact) mass is 482 g/mol. The van der Waals surface area contributed by atoms with E-state index in [1.807, 2.05) is 19.2 Å². The van der Waals surface area contributed by atoms with Crippen molar-refractivity contribution in [2.75, 3.05) is 33.0 Å². The number of anilines is 1. The SMILES string of the molecule is COc1cc(C(=N)c2cc(C3C[C@@H]4CN(C5CCC(OC)CC5)C[C@@H]4C3)c(Cl)cc2N)ccn1. The lowest BCUT2D eigenvalue weighted by atomic mass is 9.90. The second kappa shape index (κ2) is 9.84. The number of likely N-dealkylation sites (tertiary alicyclic amines) is 1. The van der Waals surface area contributed by atoms with Gasteiger partial charge in [-0.25, -0.2) is 4.98 Å². The molecule has 2 saturated carbocycles. The zero-order chi connectivity index (χ0) is 23.8. The molecule has 2 aromatic rings. The van der Waals surface area contributed by atoms with Crippen LogP contribution in [0.1, 0.15) is 61.1 Å². The lowest BCUT2D eigenvalue weighted by Crippen LogP contribution is -2.38. The first-order chi connectivity index (χ1) is 16.5. The number of nitrogens with zero attached hydrogens (tertiary/aromatic N) is 2. The first-order valence-electron chi connectivity index (χ1n) is 12.4. The molecule has 1 saturated heterocycles. The van der Waals surface area contributed by atoms with E-state index in [1.54, 1.807) is 19.4 Å². The summed E-state index contributed by atoms with van der Waals surface area (Å²) in [5.74, 6) is 2.36. The summed E-state index contributed by atoms with van der Waals surface area (Å²) in [5.41, 5.74) is 9.81. The summed E-state index contributed by atoms with van der Waals surface area (Å²) in [6.07, 6.45) is 9.33. The van der Waals surface area contributed by atoms with Crippen molar-refractivity contribution in [1.82, 2.24) is 9.88 Å². The molecule has 3 aliphatic rings. The van der Waals surface area contributed by atoms with Gasteiger partial charge < -0.3 is 15.2 Å². The maximum Gasteiger partial charge on any atom is 0.213 e. The van der Waals surface area contributed by atoms with Gasteiger partial charge in [0, 0.05) is 60.3 Å². The third-order valence-corrected chi connectivity index (χ3v) is 8.71. The van der Waals surface area contributed by atoms with Gasteiger partial charge in [-0.2, -0.15) is 0 Å². The number of pyridine rings is 1. The van der Waals surface area contributed by atoms with E-state index < -0.39 is 0 Å². The molecule has 3 fully saturated rings. The molecule has 0 spiro atoms. The van der Waals surface area contributed by atoms with E-state index in [-0.39, 0.29) is 0 Å². The van der Waals surface area contributed by atoms with Gasteiger partial charge >= 0.3 is 0 Å². The summed E-state index contributed by atoms with van der Waals surface area (Å²) in [6.45, 7) is 2.41. The molecule has 1 aromatic heterocycles. The minimum Gasteiger partial charge on any atom is -0.481 e. The molecule has 7 heteroatoms. The standard InChI is InChI=1S/C27H35ClN4O2/c1-33-21-5-3-20(4-6-21)32-14-18-9-17(10-19(18)15-32)22-12-23(25(29)13-24(22)28)27(30)16-7-8-31-26(11-16)34-2/h7-8,11-13,17-21,30H,3-6,9-10,14-15,29H2,1-2H3/t17?,18-,19+,20?,21?. The molecule has 1 aromatic carbocycles. The molecule has 34 heavy (non-hydrogen) atoms. The number of aromatic nitrogens is 1. The molecule has 182 valence electrons. The number of halogens is 1. The smallest absolute Gasteiger partial charge is 0.213 e. The molecular weight excluding hydrogens is 448 g/mol. The molecular formula is C27H35ClN4O2. The molecule has 3 atom stereocenters. The number of nitrogens with two attached hydrogens (primary N) is 1. The average molecular weight is 483 g/mol. The van der Waals surface area contributed by atoms with Crippen LogP contribution in [0, 0.1) is 17.2 Å². The molecule has 5 rings (SSSR count). The Morgan fingerprint density at radius 1 is 1.09 bits per heavy atom. The number of nitrogen functional groups attached to an aromatic ring is 1. The van der Waals surface area contributed by atoms with Crippen molar-refractivity contribution >= 4 is 23.0 Å². The van der Waals surface area contributed by atoms with Gasteiger partial charge in [0.05, 0.1) is 18.9 Å². The Morgan fingerprint density at radius 3 is 2.44 bits per heavy atom. The predicted molar refractivity (Wildman–Crippen MR) is 136 cm³/mol. The Bertz CT molecular complexity index is 1040. The largest absolute Gasteiger partial charge is 0.481 e. The van der Waals surface area contributed by atoms with E-state index in [2.05, 4.69) is 16.0 Å². The van der Waals surface area contributed by atoms with Gasteiger partial charge in [0.2, 0.25) is 5.88 Å². The highest BCUT2D eigenvalue weighted by Gasteiger charge is 2.44. The Labute approximate surface area is 207 Å². The molecule has 2 heterocycles. The molecule has 0 amide bonds. The number of methoxy groups -OCH3 is 2. The summed E-state index contributed by atoms with van der Waals surface area (Å²) in [6, 6.07) is 8.19. The van der Waals surface area contributed by atoms with E-state index in [4.69, 9.17) is 32.2 Å². The molecule has 0 bridgehead atoms. The number of hydrogen-bond acceptors (Lipinski definition) is 6. The normalized spacial score (nSPS) is 29.2. The third kappa shape index (κ3) is 4.56. The molecule has 6 nitrogen and oxygen atoms in total. The van der Waals surface area contributed by atoms with E-state index in [9.17, 15) is 0 Å². The lowest BCUT2D eigenvalue weighted by Gasteiger charge is -2.34. The van der Waals surface area contributed by atoms with E-state index in [0.29, 0.717) is 29.3 Å². The fourth-order valence-corrected chi connectivity index (χ4v) is 6.83. The van der Waals surface area contributed by atoms with E-state index >= 15 is 0 Å². The fraction of sp³-hybridized carbons (Fsp3) is 0.556. The Balaban J connectivity index is 1.29. The summed E-state index contributed by atoms with van der Waals surface area (Å²) >= 11 is 6.71. The van der Waals surface area contributed by atoms with E-state index in [0.717, 1.165) is 52.4 Å². The number of fused-ring (bicyclic) bond motifs is 1. The second-order valence-corrected chi connectivity index (χ2v) is 10.6. The zero-order valence-corrected chi connectivity index (χ0v) is 20.9. The molecule has 0 radical (unpaired) electrons. The van der Waals surface area contributed by atoms with Crippen LogP contribution in [0.5, 0.6) is 5.88 Å². The molecule has 1 aliphatic heterocycles. The van der Waals surface area contributed by atoms with Crippen LogP contribution < -0.4 is 10.5 Å². The number of benzene rings is 1. The maximum atomic E-state index is 8.79. The van der Waals surface area contributed by atoms with Crippen molar-refractivity contribution in [3.63, 3.8) is 0 Å². The third-order valence-electron chi connectivity index (χ3n) is 8.38. The highest BCUT2D eigenvalue weighted by molar-refractivity contribution is 6.32. The first-order valence-corrected chi connectivity index (χ1v) is 12.8. The van der Waals surface area contributed by atoms with Crippen molar-refractivity contribution in [2.45, 2.75) is 56.6 Å². The van der Waals surface area contributed by atoms with Crippen molar-refractivity contribution in [1.29, 1.82) is 5.41 Å². The fourth-order valence-electron chi connectivity index (χ4n) is 6.50. The van der Waals surface area contributed by atoms with E-state index in [1.165, 1.54) is 38.8 Å². The number of ether oxygens (including phenoxy) is 2. The van der Waals surface area contributed by atoms with Gasteiger partial charge in [-0.3, -0.25) is 10.3 Å². The maximum absolute atomic E-state index is 8.79. The Morgan fingerprint density at radius 2 is 1.79 bits per heavy atom. The number of nitrogens with one attached hydrogen (secondary N) is 1. The summed E-state index contributed by atoms with van der Waals surface area (Å²) < 4.78 is 10.8. The van der Waals surface area contributed by atoms with Crippen LogP contribution in [-0.2, 0) is 4.74 Å². The Kier molecular flexibility index (Phi) is 6.83. The van der Waals surface area contributed by atoms with Gasteiger partial charge in [0.15, 0.2) is 0 Å². The minimum absolute atomic E-state index is 0.368. The van der Waals surface area contributed by atoms with Crippen molar-refractivity contribution in [2.24, 2.45) is 11.8 Å². The zero-order valence-electron chi connectivity index (χ0n) is 20.1. The quantitative estimate of drug-likeness (QED) is 0.440. The highest BCUT2D eigenvalue weighted by atomic mass is 35.5. The predicted octanol–water partition coefficient (Wildman–Crippen LogP) is 5.12.